The van der Waals surface area contributed by atoms with E-state index < -0.39 is 57.5 Å². The van der Waals surface area contributed by atoms with Crippen molar-refractivity contribution in [2.75, 3.05) is 24.6 Å². The Hall–Kier alpha value is 2.86. The van der Waals surface area contributed by atoms with E-state index in [0.717, 1.165) is 10.6 Å². The molecule has 0 aliphatic heterocycles. The maximum Gasteiger partial charge on any atom is 0.0966 e. The number of hydrogen-bond acceptors (Lipinski definition) is 0. The van der Waals surface area contributed by atoms with Gasteiger partial charge in [-0.1, -0.05) is 354 Å². The van der Waals surface area contributed by atoms with Crippen molar-refractivity contribution in [1.29, 1.82) is 0 Å². The van der Waals surface area contributed by atoms with E-state index in [9.17, 15) is 0 Å². The van der Waals surface area contributed by atoms with E-state index in [1.165, 1.54) is 91.1 Å². The second-order valence-electron chi connectivity index (χ2n) is 18.1. The van der Waals surface area contributed by atoms with Crippen LogP contribution in [0.2, 0.25) is 0 Å². The third-order valence-corrected chi connectivity index (χ3v) is 25.1. The third kappa shape index (κ3) is 56.2. The fourth-order valence-corrected chi connectivity index (χ4v) is 21.1. The minimum absolute atomic E-state index is 0. The van der Waals surface area contributed by atoms with Crippen LogP contribution in [0.25, 0.3) is 0 Å². The Bertz CT molecular complexity index is 2520. The van der Waals surface area contributed by atoms with Crippen molar-refractivity contribution in [3.8, 4) is 0 Å². The molecule has 9 rings (SSSR count). The van der Waals surface area contributed by atoms with Crippen LogP contribution in [0.3, 0.4) is 0 Å². The Balaban J connectivity index is -0.000000583. The summed E-state index contributed by atoms with van der Waals surface area (Å²) in [6.07, 6.45) is 7.68. The average molecular weight is 2090 g/mol. The number of rotatable bonds is 18. The largest absolute Gasteiger partial charge is 0.0966 e. The standard InChI is InChI=1S/2C27H26P2.C8H10Se2.6CHCl3.2ClH.2Pd/c2*1-5-14-24(15-6-1)28(25-16-7-2-8-17-25)22-13-23-29(26-18-9-3-10-19-26)27-20-11-4-12-21-27;9-5-7-3-1-2-4-8(7)6-10;6*2-1(3)4;;;;/h2*1-12,14-21H,13,22-23H2;1-4,9-10H,5-6H2;6*1H;2*1H;;/q;;;;;;;;;;;2*+2. The summed E-state index contributed by atoms with van der Waals surface area (Å²) in [5.74, 6) is 0. The molecule has 0 atom stereocenters. The molecule has 9 aromatic rings. The molecule has 0 aliphatic carbocycles. The number of halogens is 20. The van der Waals surface area contributed by atoms with Crippen molar-refractivity contribution < 1.29 is 65.7 Å². The Morgan fingerprint density at radius 2 is 0.312 bits per heavy atom. The zero-order valence-corrected chi connectivity index (χ0v) is 76.2. The Morgan fingerprint density at radius 3 is 0.417 bits per heavy atom. The molecule has 96 heavy (non-hydrogen) atoms. The Kier molecular flexibility index (Phi) is 76.3. The molecule has 0 bridgehead atoms. The Morgan fingerprint density at radius 1 is 0.208 bits per heavy atom. The summed E-state index contributed by atoms with van der Waals surface area (Å²) < 4.78 is -4.50. The van der Waals surface area contributed by atoms with Crippen LogP contribution in [0.5, 0.6) is 0 Å². The van der Waals surface area contributed by atoms with Crippen LogP contribution in [0.15, 0.2) is 267 Å². The predicted molar refractivity (Wildman–Crippen MR) is 444 cm³/mol. The van der Waals surface area contributed by atoms with Crippen LogP contribution in [0, 0.1) is 0 Å². The molecule has 0 unspecified atom stereocenters. The fraction of sp³-hybridized carbons (Fsp3) is 0.206. The summed E-state index contributed by atoms with van der Waals surface area (Å²) in [5.41, 5.74) is 2.81. The predicted octanol–water partition coefficient (Wildman–Crippen LogP) is 17.2. The maximum absolute atomic E-state index is 4.81. The summed E-state index contributed by atoms with van der Waals surface area (Å²) in [6.45, 7) is 0. The molecule has 0 radical (unpaired) electrons. The van der Waals surface area contributed by atoms with Gasteiger partial charge in [0.05, 0.1) is 98.8 Å². The molecule has 0 saturated carbocycles. The smallest absolute Gasteiger partial charge is 0.0620 e. The van der Waals surface area contributed by atoms with Crippen molar-refractivity contribution in [3.63, 3.8) is 0 Å². The van der Waals surface area contributed by atoms with Gasteiger partial charge in [-0.05, 0) is 97.1 Å². The first-order valence-corrected chi connectivity index (χ1v) is 44.8. The topological polar surface area (TPSA) is 0 Å². The normalized spacial score (nSPS) is 9.98. The van der Waals surface area contributed by atoms with Crippen LogP contribution >= 0.6 is 241 Å². The van der Waals surface area contributed by atoms with Gasteiger partial charge in [-0.3, -0.25) is 0 Å². The van der Waals surface area contributed by atoms with Crippen LogP contribution in [-0.2, 0) is 51.5 Å². The molecule has 0 aromatic heterocycles. The summed E-state index contributed by atoms with van der Waals surface area (Å²) in [5, 5.41) is 14.2. The maximum atomic E-state index is 4.81. The molecule has 530 valence electrons. The number of alkyl halides is 18. The van der Waals surface area contributed by atoms with Gasteiger partial charge < -0.3 is 24.8 Å². The zero-order chi connectivity index (χ0) is 68.3. The molecule has 0 fully saturated rings. The second-order valence-corrected chi connectivity index (χ2v) is 41.6. The van der Waals surface area contributed by atoms with E-state index in [0.29, 0.717) is 0 Å². The summed E-state index contributed by atoms with van der Waals surface area (Å²) in [7, 11) is -2.97. The Labute approximate surface area is 722 Å². The van der Waals surface area contributed by atoms with Crippen LogP contribution in [0.4, 0.5) is 0 Å². The van der Waals surface area contributed by atoms with Gasteiger partial charge in [0.15, 0.2) is 25.8 Å². The second kappa shape index (κ2) is 69.6. The first-order valence-electron chi connectivity index (χ1n) is 27.7. The van der Waals surface area contributed by atoms with Gasteiger partial charge >= 0.3 is 119 Å². The fourth-order valence-electron chi connectivity index (χ4n) is 8.66. The SMILES string of the molecule is ClC(Cl)Cl.ClC(Cl)Cl.ClC(Cl)Cl.ClC(Cl)Cl.ClC(Cl)Cl.ClC(Cl)Cl.[Cl-].[Cl-].[Pd+2].[Pd+2].[Se-]Cc1ccccc1C[Se-].c1ccc([PH+](CCC[PH+](c2ccccc2)c2ccccc2)c2ccccc2)cc1.c1ccc([PH+](CCC[PH+](c2ccccc2)c2ccccc2)c2ccccc2)cc1. The molecule has 0 saturated heterocycles. The van der Waals surface area contributed by atoms with Crippen molar-refractivity contribution in [1.82, 2.24) is 0 Å². The first kappa shape index (κ1) is 105. The molecule has 0 spiro atoms. The number of hydrogen-bond donors (Lipinski definition) is 0. The van der Waals surface area contributed by atoms with Gasteiger partial charge in [0.25, 0.3) is 0 Å². The van der Waals surface area contributed by atoms with E-state index in [-0.39, 0.29) is 65.7 Å². The van der Waals surface area contributed by atoms with Crippen molar-refractivity contribution >= 4 is 315 Å². The van der Waals surface area contributed by atoms with E-state index in [1.54, 1.807) is 0 Å². The molecule has 0 heterocycles. The molecule has 28 heteroatoms. The quantitative estimate of drug-likeness (QED) is 0.0456. The van der Waals surface area contributed by atoms with Crippen LogP contribution in [-0.4, -0.2) is 82.4 Å². The zero-order valence-electron chi connectivity index (χ0n) is 50.5. The molecule has 0 amide bonds. The van der Waals surface area contributed by atoms with E-state index in [2.05, 4.69) is 299 Å². The van der Waals surface area contributed by atoms with E-state index in [1.807, 2.05) is 0 Å². The minimum atomic E-state index is -0.750. The van der Waals surface area contributed by atoms with Crippen LogP contribution < -0.4 is 67.3 Å². The average Bonchev–Trinajstić information content (AvgIpc) is 0.921. The third-order valence-electron chi connectivity index (χ3n) is 12.1. The van der Waals surface area contributed by atoms with E-state index in [4.69, 9.17) is 209 Å². The van der Waals surface area contributed by atoms with Crippen molar-refractivity contribution in [2.45, 2.75) is 49.3 Å². The molecular formula is C68H70Cl20P4Pd2Se2+4. The summed E-state index contributed by atoms with van der Waals surface area (Å²) in [4.78, 5) is 0. The minimum Gasteiger partial charge on any atom is -0.0620 e. The molecular weight excluding hydrogens is 2020 g/mol. The van der Waals surface area contributed by atoms with Crippen molar-refractivity contribution in [3.05, 3.63) is 278 Å². The molecule has 0 aliphatic rings. The van der Waals surface area contributed by atoms with Crippen molar-refractivity contribution in [2.24, 2.45) is 0 Å². The summed E-state index contributed by atoms with van der Waals surface area (Å²) in [6, 6.07) is 97.6. The van der Waals surface area contributed by atoms with Gasteiger partial charge in [-0.2, -0.15) is 0 Å². The first-order chi connectivity index (χ1) is 44.1. The van der Waals surface area contributed by atoms with Gasteiger partial charge in [-0.25, -0.2) is 0 Å². The van der Waals surface area contributed by atoms with E-state index >= 15 is 0 Å². The monoisotopic (exact) mass is 2080 g/mol. The van der Waals surface area contributed by atoms with Gasteiger partial charge in [0.2, 0.25) is 0 Å². The molecule has 0 nitrogen and oxygen atoms in total. The molecule has 9 aromatic carbocycles. The van der Waals surface area contributed by atoms with Crippen LogP contribution in [0.1, 0.15) is 24.0 Å². The van der Waals surface area contributed by atoms with Gasteiger partial charge in [0.1, 0.15) is 0 Å². The summed E-state index contributed by atoms with van der Waals surface area (Å²) >= 11 is 92.5. The molecule has 0 N–H and O–H groups in total. The van der Waals surface area contributed by atoms with Gasteiger partial charge in [0, 0.05) is 12.8 Å². The van der Waals surface area contributed by atoms with Gasteiger partial charge in [-0.15, -0.1) is 0 Å². The number of benzene rings is 9.